The summed E-state index contributed by atoms with van der Waals surface area (Å²) < 4.78 is 39.6. The maximum Gasteiger partial charge on any atom is 0.418 e. The maximum absolute atomic E-state index is 13.0. The van der Waals surface area contributed by atoms with Crippen molar-refractivity contribution in [1.29, 1.82) is 0 Å². The number of benzene rings is 2. The minimum absolute atomic E-state index is 0.0780. The van der Waals surface area contributed by atoms with Gasteiger partial charge in [-0.2, -0.15) is 13.2 Å². The molecule has 3 rings (SSSR count). The fraction of sp³-hybridized carbons (Fsp3) is 0.250. The third-order valence-electron chi connectivity index (χ3n) is 4.21. The summed E-state index contributed by atoms with van der Waals surface area (Å²) in [6.45, 7) is 4.07. The van der Waals surface area contributed by atoms with E-state index < -0.39 is 17.6 Å². The van der Waals surface area contributed by atoms with Crippen molar-refractivity contribution in [3.8, 4) is 0 Å². The summed E-state index contributed by atoms with van der Waals surface area (Å²) in [5.74, 6) is -0.626. The first kappa shape index (κ1) is 22.1. The van der Waals surface area contributed by atoms with Crippen LogP contribution in [0.25, 0.3) is 0 Å². The van der Waals surface area contributed by atoms with Gasteiger partial charge in [0, 0.05) is 5.69 Å². The van der Waals surface area contributed by atoms with Gasteiger partial charge in [-0.15, -0.1) is 10.2 Å². The number of rotatable bonds is 7. The Kier molecular flexibility index (Phi) is 6.99. The molecule has 0 saturated heterocycles. The van der Waals surface area contributed by atoms with Crippen LogP contribution in [0.3, 0.4) is 0 Å². The van der Waals surface area contributed by atoms with Crippen LogP contribution in [0.4, 0.5) is 29.7 Å². The van der Waals surface area contributed by atoms with Gasteiger partial charge in [0.05, 0.1) is 17.0 Å². The van der Waals surface area contributed by atoms with Gasteiger partial charge in [-0.25, -0.2) is 0 Å². The number of anilines is 3. The zero-order valence-corrected chi connectivity index (χ0v) is 17.8. The molecule has 0 fully saturated rings. The number of carbonyl (C=O) groups excluding carboxylic acids is 1. The van der Waals surface area contributed by atoms with E-state index in [9.17, 15) is 18.0 Å². The number of aromatic nitrogens is 2. The number of carbonyl (C=O) groups is 1. The van der Waals surface area contributed by atoms with E-state index in [2.05, 4.69) is 27.8 Å². The van der Waals surface area contributed by atoms with Gasteiger partial charge in [-0.05, 0) is 36.6 Å². The van der Waals surface area contributed by atoms with Crippen molar-refractivity contribution in [3.05, 3.63) is 59.2 Å². The average molecular weight is 453 g/mol. The summed E-state index contributed by atoms with van der Waals surface area (Å²) in [5, 5.41) is 14.3. The van der Waals surface area contributed by atoms with Crippen molar-refractivity contribution in [2.24, 2.45) is 0 Å². The molecule has 1 heterocycles. The first-order valence-corrected chi connectivity index (χ1v) is 10.9. The zero-order chi connectivity index (χ0) is 21.7. The first-order valence-electron chi connectivity index (χ1n) is 9.05. The molecule has 2 aromatic carbocycles. The molecule has 0 aliphatic rings. The Hall–Kier alpha value is -2.59. The molecule has 5 nitrogen and oxygen atoms in total. The molecule has 2 N–H and O–H groups in total. The van der Waals surface area contributed by atoms with E-state index in [4.69, 9.17) is 0 Å². The van der Waals surface area contributed by atoms with Crippen molar-refractivity contribution >= 4 is 45.5 Å². The van der Waals surface area contributed by atoms with Crippen LogP contribution in [0.5, 0.6) is 0 Å². The van der Waals surface area contributed by atoms with Crippen LogP contribution in [0.15, 0.2) is 46.8 Å². The second-order valence-electron chi connectivity index (χ2n) is 6.34. The highest BCUT2D eigenvalue weighted by molar-refractivity contribution is 8.01. The Morgan fingerprint density at radius 3 is 2.63 bits per heavy atom. The molecule has 0 aliphatic carbocycles. The molecule has 0 bridgehead atoms. The highest BCUT2D eigenvalue weighted by Gasteiger charge is 2.33. The molecule has 1 aromatic heterocycles. The minimum atomic E-state index is -4.54. The number of nitrogens with zero attached hydrogens (tertiary/aromatic N) is 2. The van der Waals surface area contributed by atoms with Crippen LogP contribution < -0.4 is 10.6 Å². The number of nitrogens with one attached hydrogen (secondary N) is 2. The van der Waals surface area contributed by atoms with Crippen LogP contribution in [0, 0.1) is 6.92 Å². The molecule has 0 radical (unpaired) electrons. The lowest BCUT2D eigenvalue weighted by atomic mass is 10.1. The topological polar surface area (TPSA) is 66.9 Å². The van der Waals surface area contributed by atoms with E-state index in [-0.39, 0.29) is 11.4 Å². The second kappa shape index (κ2) is 9.48. The molecule has 30 heavy (non-hydrogen) atoms. The molecule has 1 amide bonds. The van der Waals surface area contributed by atoms with Crippen molar-refractivity contribution in [3.63, 3.8) is 0 Å². The van der Waals surface area contributed by atoms with Gasteiger partial charge < -0.3 is 10.6 Å². The van der Waals surface area contributed by atoms with E-state index >= 15 is 0 Å². The second-order valence-corrected chi connectivity index (χ2v) is 8.54. The van der Waals surface area contributed by atoms with Crippen LogP contribution in [-0.2, 0) is 17.4 Å². The summed E-state index contributed by atoms with van der Waals surface area (Å²) >= 11 is 2.40. The molecule has 0 saturated carbocycles. The predicted octanol–water partition coefficient (Wildman–Crippen LogP) is 5.90. The lowest BCUT2D eigenvalue weighted by molar-refractivity contribution is -0.137. The van der Waals surface area contributed by atoms with Gasteiger partial charge in [0.1, 0.15) is 0 Å². The number of para-hydroxylation sites is 2. The van der Waals surface area contributed by atoms with E-state index in [1.54, 1.807) is 0 Å². The SMILES string of the molecule is CCc1cccc(C)c1Nc1nnc(SCC(=O)Nc2ccccc2C(F)(F)F)s1. The standard InChI is InChI=1S/C20H19F3N4OS2/c1-3-13-8-6-7-12(2)17(13)25-18-26-27-19(30-18)29-11-16(28)24-15-10-5-4-9-14(15)20(21,22)23/h4-10H,3,11H2,1-2H3,(H,24,28)(H,25,26). The Morgan fingerprint density at radius 1 is 1.13 bits per heavy atom. The summed E-state index contributed by atoms with van der Waals surface area (Å²) in [7, 11) is 0. The summed E-state index contributed by atoms with van der Waals surface area (Å²) in [5.41, 5.74) is 2.08. The number of halogens is 3. The van der Waals surface area contributed by atoms with Crippen LogP contribution in [-0.4, -0.2) is 21.9 Å². The van der Waals surface area contributed by atoms with Gasteiger partial charge in [0.15, 0.2) is 4.34 Å². The Bertz CT molecular complexity index is 1040. The largest absolute Gasteiger partial charge is 0.418 e. The average Bonchev–Trinajstić information content (AvgIpc) is 3.15. The fourth-order valence-electron chi connectivity index (χ4n) is 2.78. The molecule has 0 atom stereocenters. The molecule has 158 valence electrons. The molecule has 0 unspecified atom stereocenters. The van der Waals surface area contributed by atoms with Crippen molar-refractivity contribution < 1.29 is 18.0 Å². The molecule has 0 spiro atoms. The number of amides is 1. The normalized spacial score (nSPS) is 11.4. The van der Waals surface area contributed by atoms with Crippen LogP contribution >= 0.6 is 23.1 Å². The Labute approximate surface area is 180 Å². The predicted molar refractivity (Wildman–Crippen MR) is 115 cm³/mol. The Balaban J connectivity index is 1.61. The van der Waals surface area contributed by atoms with Gasteiger partial charge in [0.2, 0.25) is 11.0 Å². The number of hydrogen-bond acceptors (Lipinski definition) is 6. The minimum Gasteiger partial charge on any atom is -0.330 e. The number of thioether (sulfide) groups is 1. The third-order valence-corrected chi connectivity index (χ3v) is 6.18. The maximum atomic E-state index is 13.0. The van der Waals surface area contributed by atoms with E-state index in [1.807, 2.05) is 25.1 Å². The van der Waals surface area contributed by atoms with Gasteiger partial charge in [0.25, 0.3) is 0 Å². The lowest BCUT2D eigenvalue weighted by Crippen LogP contribution is -2.18. The van der Waals surface area contributed by atoms with E-state index in [0.29, 0.717) is 9.47 Å². The molecule has 10 heteroatoms. The molecular weight excluding hydrogens is 433 g/mol. The van der Waals surface area contributed by atoms with Crippen molar-refractivity contribution in [1.82, 2.24) is 10.2 Å². The van der Waals surface area contributed by atoms with Gasteiger partial charge in [-0.3, -0.25) is 4.79 Å². The smallest absolute Gasteiger partial charge is 0.330 e. The summed E-state index contributed by atoms with van der Waals surface area (Å²) in [6, 6.07) is 10.9. The monoisotopic (exact) mass is 452 g/mol. The van der Waals surface area contributed by atoms with Gasteiger partial charge in [-0.1, -0.05) is 60.4 Å². The van der Waals surface area contributed by atoms with E-state index in [0.717, 1.165) is 41.1 Å². The highest BCUT2D eigenvalue weighted by Crippen LogP contribution is 2.35. The van der Waals surface area contributed by atoms with E-state index in [1.165, 1.54) is 29.5 Å². The van der Waals surface area contributed by atoms with Crippen molar-refractivity contribution in [2.45, 2.75) is 30.8 Å². The fourth-order valence-corrected chi connectivity index (χ4v) is 4.34. The lowest BCUT2D eigenvalue weighted by Gasteiger charge is -2.13. The quantitative estimate of drug-likeness (QED) is 0.437. The zero-order valence-electron chi connectivity index (χ0n) is 16.2. The molecular formula is C20H19F3N4OS2. The van der Waals surface area contributed by atoms with Crippen LogP contribution in [0.2, 0.25) is 0 Å². The number of hydrogen-bond donors (Lipinski definition) is 2. The summed E-state index contributed by atoms with van der Waals surface area (Å²) in [4.78, 5) is 12.1. The van der Waals surface area contributed by atoms with Crippen LogP contribution in [0.1, 0.15) is 23.6 Å². The molecule has 0 aliphatic heterocycles. The first-order chi connectivity index (χ1) is 14.3. The number of aryl methyl sites for hydroxylation is 2. The summed E-state index contributed by atoms with van der Waals surface area (Å²) in [6.07, 6.45) is -3.67. The van der Waals surface area contributed by atoms with Crippen molar-refractivity contribution in [2.75, 3.05) is 16.4 Å². The molecule has 3 aromatic rings. The van der Waals surface area contributed by atoms with Gasteiger partial charge >= 0.3 is 6.18 Å². The third kappa shape index (κ3) is 5.51. The number of alkyl halides is 3. The highest BCUT2D eigenvalue weighted by atomic mass is 32.2. The Morgan fingerprint density at radius 2 is 1.90 bits per heavy atom.